The minimum Gasteiger partial charge on any atom is -0.335 e. The lowest BCUT2D eigenvalue weighted by Gasteiger charge is -2.22. The minimum absolute atomic E-state index is 0.0820. The van der Waals surface area contributed by atoms with Crippen LogP contribution in [0.25, 0.3) is 0 Å². The summed E-state index contributed by atoms with van der Waals surface area (Å²) in [6.07, 6.45) is 3.07. The smallest absolute Gasteiger partial charge is 0.247 e. The summed E-state index contributed by atoms with van der Waals surface area (Å²) >= 11 is 7.52. The standard InChI is InChI=1S/C18H20ClN5O2S/c1-11-6-7-12(10-13(11)19)20-16(26)14-4-2-8-23(14)17-21-22-18(27-17)24-9-3-5-15(24)25/h6-7,10,14H,2-5,8-9H2,1H3,(H,20,26)/t14-/m0/s1. The third-order valence-corrected chi connectivity index (χ3v) is 6.34. The van der Waals surface area contributed by atoms with Gasteiger partial charge in [0.15, 0.2) is 0 Å². The number of carbonyl (C=O) groups excluding carboxylic acids is 2. The van der Waals surface area contributed by atoms with Crippen LogP contribution in [0.15, 0.2) is 18.2 Å². The van der Waals surface area contributed by atoms with Gasteiger partial charge in [-0.15, -0.1) is 10.2 Å². The second-order valence-corrected chi connectivity index (χ2v) is 8.16. The van der Waals surface area contributed by atoms with Gasteiger partial charge in [0.2, 0.25) is 22.1 Å². The Morgan fingerprint density at radius 3 is 2.81 bits per heavy atom. The molecule has 2 saturated heterocycles. The quantitative estimate of drug-likeness (QED) is 0.844. The number of benzene rings is 1. The van der Waals surface area contributed by atoms with Gasteiger partial charge in [-0.25, -0.2) is 0 Å². The zero-order chi connectivity index (χ0) is 19.0. The summed E-state index contributed by atoms with van der Waals surface area (Å²) in [5.41, 5.74) is 1.65. The highest BCUT2D eigenvalue weighted by Crippen LogP contribution is 2.34. The molecule has 2 aliphatic rings. The molecule has 2 fully saturated rings. The molecule has 1 aromatic carbocycles. The van der Waals surface area contributed by atoms with Crippen molar-refractivity contribution in [1.29, 1.82) is 0 Å². The van der Waals surface area contributed by atoms with E-state index in [0.717, 1.165) is 31.4 Å². The van der Waals surface area contributed by atoms with Crippen LogP contribution < -0.4 is 15.1 Å². The maximum Gasteiger partial charge on any atom is 0.247 e. The van der Waals surface area contributed by atoms with Crippen molar-refractivity contribution in [3.8, 4) is 0 Å². The predicted molar refractivity (Wildman–Crippen MR) is 107 cm³/mol. The summed E-state index contributed by atoms with van der Waals surface area (Å²) in [5, 5.41) is 13.3. The van der Waals surface area contributed by atoms with Crippen LogP contribution in [0.5, 0.6) is 0 Å². The molecule has 142 valence electrons. The van der Waals surface area contributed by atoms with E-state index in [0.29, 0.717) is 33.9 Å². The fraction of sp³-hybridized carbons (Fsp3) is 0.444. The Kier molecular flexibility index (Phi) is 5.01. The Bertz CT molecular complexity index is 886. The SMILES string of the molecule is Cc1ccc(NC(=O)[C@@H]2CCCN2c2nnc(N3CCCC3=O)s2)cc1Cl. The van der Waals surface area contributed by atoms with Gasteiger partial charge < -0.3 is 10.2 Å². The van der Waals surface area contributed by atoms with Crippen LogP contribution in [0.2, 0.25) is 5.02 Å². The van der Waals surface area contributed by atoms with Gasteiger partial charge in [-0.3, -0.25) is 14.5 Å². The number of aryl methyl sites for hydroxylation is 1. The number of anilines is 3. The molecule has 1 aromatic heterocycles. The van der Waals surface area contributed by atoms with Crippen molar-refractivity contribution in [3.63, 3.8) is 0 Å². The number of hydrogen-bond acceptors (Lipinski definition) is 6. The summed E-state index contributed by atoms with van der Waals surface area (Å²) in [6, 6.07) is 5.19. The van der Waals surface area contributed by atoms with Gasteiger partial charge in [-0.05, 0) is 43.9 Å². The van der Waals surface area contributed by atoms with Crippen molar-refractivity contribution in [3.05, 3.63) is 28.8 Å². The van der Waals surface area contributed by atoms with Crippen molar-refractivity contribution >= 4 is 50.7 Å². The molecule has 27 heavy (non-hydrogen) atoms. The number of carbonyl (C=O) groups is 2. The van der Waals surface area contributed by atoms with Gasteiger partial charge in [-0.2, -0.15) is 0 Å². The molecule has 0 bridgehead atoms. The molecule has 7 nitrogen and oxygen atoms in total. The lowest BCUT2D eigenvalue weighted by molar-refractivity contribution is -0.117. The highest BCUT2D eigenvalue weighted by Gasteiger charge is 2.34. The van der Waals surface area contributed by atoms with Crippen molar-refractivity contribution in [2.45, 2.75) is 38.6 Å². The molecule has 0 spiro atoms. The van der Waals surface area contributed by atoms with Crippen molar-refractivity contribution in [2.75, 3.05) is 28.2 Å². The third kappa shape index (κ3) is 3.64. The Labute approximate surface area is 166 Å². The Morgan fingerprint density at radius 1 is 1.26 bits per heavy atom. The molecule has 2 aliphatic heterocycles. The van der Waals surface area contributed by atoms with Crippen LogP contribution in [-0.2, 0) is 9.59 Å². The monoisotopic (exact) mass is 405 g/mol. The zero-order valence-corrected chi connectivity index (χ0v) is 16.5. The van der Waals surface area contributed by atoms with Crippen LogP contribution in [0.3, 0.4) is 0 Å². The number of hydrogen-bond donors (Lipinski definition) is 1. The fourth-order valence-corrected chi connectivity index (χ4v) is 4.59. The average molecular weight is 406 g/mol. The number of nitrogens with one attached hydrogen (secondary N) is 1. The second-order valence-electron chi connectivity index (χ2n) is 6.82. The lowest BCUT2D eigenvalue weighted by Crippen LogP contribution is -2.39. The largest absolute Gasteiger partial charge is 0.335 e. The van der Waals surface area contributed by atoms with Crippen LogP contribution in [0.1, 0.15) is 31.2 Å². The molecule has 0 saturated carbocycles. The minimum atomic E-state index is -0.305. The first-order chi connectivity index (χ1) is 13.0. The summed E-state index contributed by atoms with van der Waals surface area (Å²) in [7, 11) is 0. The lowest BCUT2D eigenvalue weighted by atomic mass is 10.2. The number of halogens is 1. The second kappa shape index (κ2) is 7.44. The van der Waals surface area contributed by atoms with Gasteiger partial charge in [0.05, 0.1) is 0 Å². The normalized spacial score (nSPS) is 19.8. The highest BCUT2D eigenvalue weighted by molar-refractivity contribution is 7.19. The molecular formula is C18H20ClN5O2S. The van der Waals surface area contributed by atoms with Crippen LogP contribution in [0, 0.1) is 6.92 Å². The van der Waals surface area contributed by atoms with E-state index in [-0.39, 0.29) is 17.9 Å². The third-order valence-electron chi connectivity index (χ3n) is 4.95. The number of amides is 2. The predicted octanol–water partition coefficient (Wildman–Crippen LogP) is 3.23. The summed E-state index contributed by atoms with van der Waals surface area (Å²) in [5.74, 6) is 0.00563. The summed E-state index contributed by atoms with van der Waals surface area (Å²) in [6.45, 7) is 3.35. The van der Waals surface area contributed by atoms with Crippen LogP contribution >= 0.6 is 22.9 Å². The Morgan fingerprint density at radius 2 is 2.07 bits per heavy atom. The zero-order valence-electron chi connectivity index (χ0n) is 14.9. The van der Waals surface area contributed by atoms with Crippen molar-refractivity contribution in [2.24, 2.45) is 0 Å². The van der Waals surface area contributed by atoms with E-state index in [4.69, 9.17) is 11.6 Å². The van der Waals surface area contributed by atoms with Gasteiger partial charge in [0, 0.05) is 30.2 Å². The van der Waals surface area contributed by atoms with Crippen LogP contribution in [-0.4, -0.2) is 41.1 Å². The van der Waals surface area contributed by atoms with E-state index in [1.807, 2.05) is 24.0 Å². The topological polar surface area (TPSA) is 78.4 Å². The Hall–Kier alpha value is -2.19. The molecule has 1 atom stereocenters. The average Bonchev–Trinajstić information content (AvgIpc) is 3.37. The fourth-order valence-electron chi connectivity index (χ4n) is 3.45. The first-order valence-corrected chi connectivity index (χ1v) is 10.2. The summed E-state index contributed by atoms with van der Waals surface area (Å²) in [4.78, 5) is 28.4. The van der Waals surface area contributed by atoms with E-state index in [9.17, 15) is 9.59 Å². The van der Waals surface area contributed by atoms with E-state index < -0.39 is 0 Å². The van der Waals surface area contributed by atoms with E-state index in [1.54, 1.807) is 11.0 Å². The molecule has 0 aliphatic carbocycles. The highest BCUT2D eigenvalue weighted by atomic mass is 35.5. The van der Waals surface area contributed by atoms with Crippen molar-refractivity contribution in [1.82, 2.24) is 10.2 Å². The first-order valence-electron chi connectivity index (χ1n) is 9.00. The molecule has 0 radical (unpaired) electrons. The van der Waals surface area contributed by atoms with E-state index in [1.165, 1.54) is 11.3 Å². The van der Waals surface area contributed by atoms with Gasteiger partial charge in [0.25, 0.3) is 0 Å². The molecule has 0 unspecified atom stereocenters. The molecule has 3 heterocycles. The number of rotatable bonds is 4. The van der Waals surface area contributed by atoms with E-state index in [2.05, 4.69) is 15.5 Å². The molecule has 1 N–H and O–H groups in total. The number of aromatic nitrogens is 2. The van der Waals surface area contributed by atoms with E-state index >= 15 is 0 Å². The number of nitrogens with zero attached hydrogens (tertiary/aromatic N) is 4. The molecule has 4 rings (SSSR count). The van der Waals surface area contributed by atoms with Gasteiger partial charge in [-0.1, -0.05) is 29.0 Å². The van der Waals surface area contributed by atoms with Crippen LogP contribution in [0.4, 0.5) is 16.0 Å². The first kappa shape index (κ1) is 18.2. The maximum atomic E-state index is 12.8. The molecule has 9 heteroatoms. The van der Waals surface area contributed by atoms with Gasteiger partial charge in [0.1, 0.15) is 6.04 Å². The van der Waals surface area contributed by atoms with Crippen molar-refractivity contribution < 1.29 is 9.59 Å². The maximum absolute atomic E-state index is 12.8. The Balaban J connectivity index is 1.48. The molecular weight excluding hydrogens is 386 g/mol. The molecule has 2 aromatic rings. The summed E-state index contributed by atoms with van der Waals surface area (Å²) < 4.78 is 0. The van der Waals surface area contributed by atoms with Gasteiger partial charge >= 0.3 is 0 Å². The molecule has 2 amide bonds.